The number of amides is 1. The fourth-order valence-corrected chi connectivity index (χ4v) is 1.55. The zero-order valence-electron chi connectivity index (χ0n) is 11.3. The van der Waals surface area contributed by atoms with E-state index in [2.05, 4.69) is 10.1 Å². The van der Waals surface area contributed by atoms with Crippen molar-refractivity contribution in [2.45, 2.75) is 12.5 Å². The molecule has 1 aromatic carbocycles. The lowest BCUT2D eigenvalue weighted by Crippen LogP contribution is -2.28. The fourth-order valence-electron chi connectivity index (χ4n) is 1.55. The van der Waals surface area contributed by atoms with Crippen molar-refractivity contribution in [1.29, 1.82) is 0 Å². The average molecular weight is 284 g/mol. The van der Waals surface area contributed by atoms with Gasteiger partial charge in [0, 0.05) is 19.3 Å². The number of nitrogens with one attached hydrogen (secondary N) is 1. The third-order valence-corrected chi connectivity index (χ3v) is 2.66. The molecule has 0 bridgehead atoms. The molecule has 1 amide bonds. The first kappa shape index (κ1) is 16.1. The van der Waals surface area contributed by atoms with E-state index in [9.17, 15) is 14.0 Å². The number of carbonyl (C=O) groups is 2. The first-order chi connectivity index (χ1) is 9.51. The van der Waals surface area contributed by atoms with E-state index >= 15 is 0 Å². The first-order valence-electron chi connectivity index (χ1n) is 5.92. The number of anilines is 1. The summed E-state index contributed by atoms with van der Waals surface area (Å²) in [6, 6.07) is 3.64. The highest BCUT2D eigenvalue weighted by Crippen LogP contribution is 2.16. The highest BCUT2D eigenvalue weighted by molar-refractivity contribution is 5.94. The summed E-state index contributed by atoms with van der Waals surface area (Å²) in [6.45, 7) is 0.209. The van der Waals surface area contributed by atoms with Gasteiger partial charge in [0.1, 0.15) is 5.82 Å². The molecule has 0 heterocycles. The predicted octanol–water partition coefficient (Wildman–Crippen LogP) is 0.915. The van der Waals surface area contributed by atoms with Crippen LogP contribution in [0.3, 0.4) is 0 Å². The minimum absolute atomic E-state index is 0.0674. The maximum Gasteiger partial charge on any atom is 0.340 e. The molecular formula is C13H17FN2O4. The van der Waals surface area contributed by atoms with Crippen molar-refractivity contribution in [2.24, 2.45) is 5.73 Å². The lowest BCUT2D eigenvalue weighted by Gasteiger charge is -2.13. The molecule has 7 heteroatoms. The minimum atomic E-state index is -0.810. The van der Waals surface area contributed by atoms with E-state index in [1.807, 2.05) is 0 Å². The number of hydrogen-bond donors (Lipinski definition) is 2. The van der Waals surface area contributed by atoms with Gasteiger partial charge >= 0.3 is 5.97 Å². The Bertz CT molecular complexity index is 489. The van der Waals surface area contributed by atoms with Gasteiger partial charge in [-0.25, -0.2) is 9.18 Å². The van der Waals surface area contributed by atoms with Crippen molar-refractivity contribution in [1.82, 2.24) is 0 Å². The Balaban J connectivity index is 2.78. The molecule has 0 spiro atoms. The van der Waals surface area contributed by atoms with E-state index in [1.165, 1.54) is 19.2 Å². The lowest BCUT2D eigenvalue weighted by molar-refractivity contribution is -0.118. The number of esters is 1. The van der Waals surface area contributed by atoms with Crippen LogP contribution in [0.15, 0.2) is 18.2 Å². The number of hydrogen-bond acceptors (Lipinski definition) is 5. The van der Waals surface area contributed by atoms with Gasteiger partial charge in [-0.15, -0.1) is 0 Å². The Morgan fingerprint density at radius 2 is 2.10 bits per heavy atom. The Labute approximate surface area is 116 Å². The Kier molecular flexibility index (Phi) is 6.08. The van der Waals surface area contributed by atoms with E-state index < -0.39 is 17.9 Å². The Morgan fingerprint density at radius 1 is 1.40 bits per heavy atom. The summed E-state index contributed by atoms with van der Waals surface area (Å²) in [5.41, 5.74) is 5.46. The molecule has 0 saturated carbocycles. The second-order valence-electron chi connectivity index (χ2n) is 4.03. The van der Waals surface area contributed by atoms with Crippen LogP contribution in [0.4, 0.5) is 10.1 Å². The Hall–Kier alpha value is -1.99. The second kappa shape index (κ2) is 7.56. The number of halogens is 1. The molecule has 0 saturated heterocycles. The van der Waals surface area contributed by atoms with E-state index in [-0.39, 0.29) is 24.4 Å². The normalized spacial score (nSPS) is 11.8. The van der Waals surface area contributed by atoms with E-state index in [4.69, 9.17) is 10.5 Å². The van der Waals surface area contributed by atoms with Crippen LogP contribution in [0.1, 0.15) is 16.8 Å². The number of benzene rings is 1. The van der Waals surface area contributed by atoms with Crippen LogP contribution < -0.4 is 11.1 Å². The molecule has 110 valence electrons. The molecular weight excluding hydrogens is 267 g/mol. The molecule has 0 radical (unpaired) electrons. The summed E-state index contributed by atoms with van der Waals surface area (Å²) in [5, 5.41) is 2.54. The van der Waals surface area contributed by atoms with Gasteiger partial charge in [0.25, 0.3) is 0 Å². The van der Waals surface area contributed by atoms with Crippen molar-refractivity contribution in [3.8, 4) is 0 Å². The van der Waals surface area contributed by atoms with Crippen LogP contribution >= 0.6 is 0 Å². The molecule has 0 aliphatic rings. The van der Waals surface area contributed by atoms with Gasteiger partial charge in [-0.2, -0.15) is 0 Å². The quantitative estimate of drug-likeness (QED) is 0.758. The highest BCUT2D eigenvalue weighted by atomic mass is 19.1. The summed E-state index contributed by atoms with van der Waals surface area (Å²) in [7, 11) is 2.61. The molecule has 20 heavy (non-hydrogen) atoms. The maximum atomic E-state index is 13.4. The molecule has 1 rings (SSSR count). The number of nitrogens with two attached hydrogens (primary N) is 1. The Morgan fingerprint density at radius 3 is 2.65 bits per heavy atom. The van der Waals surface area contributed by atoms with Crippen molar-refractivity contribution in [3.63, 3.8) is 0 Å². The average Bonchev–Trinajstić information content (AvgIpc) is 2.45. The highest BCUT2D eigenvalue weighted by Gasteiger charge is 2.15. The fraction of sp³-hybridized carbons (Fsp3) is 0.385. The molecule has 1 aromatic rings. The van der Waals surface area contributed by atoms with Crippen LogP contribution in [-0.2, 0) is 14.3 Å². The van der Waals surface area contributed by atoms with Gasteiger partial charge < -0.3 is 20.5 Å². The smallest absolute Gasteiger partial charge is 0.340 e. The number of methoxy groups -OCH3 is 2. The summed E-state index contributed by atoms with van der Waals surface area (Å²) >= 11 is 0. The molecule has 0 fully saturated rings. The van der Waals surface area contributed by atoms with Crippen molar-refractivity contribution in [2.75, 3.05) is 26.1 Å². The number of carbonyl (C=O) groups excluding carboxylic acids is 2. The summed E-state index contributed by atoms with van der Waals surface area (Å²) < 4.78 is 22.8. The molecule has 3 N–H and O–H groups in total. The third kappa shape index (κ3) is 4.29. The number of rotatable bonds is 6. The molecule has 6 nitrogen and oxygen atoms in total. The first-order valence-corrected chi connectivity index (χ1v) is 5.92. The largest absolute Gasteiger partial charge is 0.465 e. The van der Waals surface area contributed by atoms with Crippen LogP contribution in [0.2, 0.25) is 0 Å². The molecule has 0 aliphatic heterocycles. The maximum absolute atomic E-state index is 13.4. The molecule has 1 atom stereocenters. The van der Waals surface area contributed by atoms with Gasteiger partial charge in [0.2, 0.25) is 5.91 Å². The van der Waals surface area contributed by atoms with Crippen LogP contribution in [0.25, 0.3) is 0 Å². The second-order valence-corrected chi connectivity index (χ2v) is 4.03. The van der Waals surface area contributed by atoms with E-state index in [0.717, 1.165) is 13.2 Å². The predicted molar refractivity (Wildman–Crippen MR) is 70.8 cm³/mol. The van der Waals surface area contributed by atoms with Crippen molar-refractivity contribution in [3.05, 3.63) is 29.6 Å². The van der Waals surface area contributed by atoms with Crippen LogP contribution in [-0.4, -0.2) is 38.7 Å². The minimum Gasteiger partial charge on any atom is -0.465 e. The van der Waals surface area contributed by atoms with Crippen molar-refractivity contribution >= 4 is 17.6 Å². The van der Waals surface area contributed by atoms with Gasteiger partial charge in [-0.3, -0.25) is 4.79 Å². The number of ether oxygens (including phenoxy) is 2. The third-order valence-electron chi connectivity index (χ3n) is 2.66. The van der Waals surface area contributed by atoms with Gasteiger partial charge in [0.05, 0.1) is 25.2 Å². The van der Waals surface area contributed by atoms with Crippen molar-refractivity contribution < 1.29 is 23.5 Å². The van der Waals surface area contributed by atoms with E-state index in [0.29, 0.717) is 5.69 Å². The lowest BCUT2D eigenvalue weighted by atomic mass is 10.1. The summed E-state index contributed by atoms with van der Waals surface area (Å²) in [6.07, 6.45) is -0.326. The summed E-state index contributed by atoms with van der Waals surface area (Å²) in [5.74, 6) is -1.87. The van der Waals surface area contributed by atoms with Gasteiger partial charge in [-0.1, -0.05) is 0 Å². The summed E-state index contributed by atoms with van der Waals surface area (Å²) in [4.78, 5) is 23.1. The standard InChI is InChI=1S/C13H17FN2O4/c1-19-9(7-15)6-12(17)16-8-3-4-11(14)10(5-8)13(18)20-2/h3-5,9H,6-7,15H2,1-2H3,(H,16,17). The van der Waals surface area contributed by atoms with E-state index in [1.54, 1.807) is 0 Å². The molecule has 0 aromatic heterocycles. The monoisotopic (exact) mass is 284 g/mol. The topological polar surface area (TPSA) is 90.7 Å². The molecule has 1 unspecified atom stereocenters. The van der Waals surface area contributed by atoms with Crippen LogP contribution in [0, 0.1) is 5.82 Å². The van der Waals surface area contributed by atoms with Crippen LogP contribution in [0.5, 0.6) is 0 Å². The molecule has 0 aliphatic carbocycles. The SMILES string of the molecule is COC(=O)c1cc(NC(=O)CC(CN)OC)ccc1F. The zero-order chi connectivity index (χ0) is 15.1. The van der Waals surface area contributed by atoms with Gasteiger partial charge in [0.15, 0.2) is 0 Å². The van der Waals surface area contributed by atoms with Gasteiger partial charge in [-0.05, 0) is 18.2 Å². The zero-order valence-corrected chi connectivity index (χ0v) is 11.3.